The molecule has 21 heavy (non-hydrogen) atoms. The lowest BCUT2D eigenvalue weighted by Crippen LogP contribution is -2.30. The van der Waals surface area contributed by atoms with Crippen LogP contribution in [0.1, 0.15) is 19.8 Å². The Balaban J connectivity index is 1.88. The molecule has 1 aromatic heterocycles. The lowest BCUT2D eigenvalue weighted by molar-refractivity contribution is 0.117. The van der Waals surface area contributed by atoms with E-state index in [2.05, 4.69) is 15.3 Å². The van der Waals surface area contributed by atoms with Gasteiger partial charge in [0.05, 0.1) is 19.0 Å². The fraction of sp³-hybridized carbons (Fsp3) is 0.692. The van der Waals surface area contributed by atoms with Crippen molar-refractivity contribution in [3.05, 3.63) is 12.4 Å². The zero-order valence-electron chi connectivity index (χ0n) is 12.4. The maximum absolute atomic E-state index is 12.3. The first-order valence-electron chi connectivity index (χ1n) is 7.14. The molecule has 0 aliphatic heterocycles. The summed E-state index contributed by atoms with van der Waals surface area (Å²) in [7, 11) is -2.02. The van der Waals surface area contributed by atoms with Gasteiger partial charge in [-0.25, -0.2) is 18.4 Å². The molecule has 0 spiro atoms. The van der Waals surface area contributed by atoms with Gasteiger partial charge in [-0.15, -0.1) is 0 Å². The summed E-state index contributed by atoms with van der Waals surface area (Å²) < 4.78 is 31.4. The van der Waals surface area contributed by atoms with E-state index in [-0.39, 0.29) is 4.90 Å². The van der Waals surface area contributed by atoms with Crippen LogP contribution in [-0.2, 0) is 14.8 Å². The lowest BCUT2D eigenvalue weighted by atomic mass is 10.5. The predicted octanol–water partition coefficient (Wildman–Crippen LogP) is 0.955. The molecule has 0 bridgehead atoms. The second kappa shape index (κ2) is 7.15. The first-order valence-corrected chi connectivity index (χ1v) is 8.58. The molecule has 118 valence electrons. The van der Waals surface area contributed by atoms with Crippen LogP contribution in [0, 0.1) is 5.92 Å². The van der Waals surface area contributed by atoms with E-state index in [1.807, 2.05) is 6.92 Å². The number of anilines is 1. The molecule has 1 saturated carbocycles. The number of hydrogen-bond acceptors (Lipinski definition) is 6. The number of nitrogens with zero attached hydrogens (tertiary/aromatic N) is 3. The van der Waals surface area contributed by atoms with Gasteiger partial charge in [0.15, 0.2) is 0 Å². The predicted molar refractivity (Wildman–Crippen MR) is 79.6 cm³/mol. The van der Waals surface area contributed by atoms with Crippen molar-refractivity contribution in [1.29, 1.82) is 0 Å². The molecule has 1 aromatic rings. The van der Waals surface area contributed by atoms with Crippen molar-refractivity contribution in [2.75, 3.05) is 38.7 Å². The van der Waals surface area contributed by atoms with Crippen molar-refractivity contribution >= 4 is 16.0 Å². The molecule has 1 aliphatic rings. The maximum atomic E-state index is 12.3. The minimum Gasteiger partial charge on any atom is -0.380 e. The van der Waals surface area contributed by atoms with Gasteiger partial charge in [0.2, 0.25) is 16.0 Å². The Morgan fingerprint density at radius 3 is 2.62 bits per heavy atom. The molecule has 0 saturated heterocycles. The molecule has 0 amide bonds. The number of aromatic nitrogens is 2. The van der Waals surface area contributed by atoms with E-state index in [4.69, 9.17) is 4.74 Å². The molecule has 0 atom stereocenters. The number of likely N-dealkylation sites (N-methyl/N-ethyl adjacent to an activating group) is 1. The van der Waals surface area contributed by atoms with Gasteiger partial charge in [0, 0.05) is 26.7 Å². The van der Waals surface area contributed by atoms with Crippen LogP contribution in [0.25, 0.3) is 0 Å². The number of nitrogens with one attached hydrogen (secondary N) is 1. The van der Waals surface area contributed by atoms with Crippen molar-refractivity contribution in [2.24, 2.45) is 5.92 Å². The maximum Gasteiger partial charge on any atom is 0.245 e. The van der Waals surface area contributed by atoms with Gasteiger partial charge in [-0.3, -0.25) is 0 Å². The van der Waals surface area contributed by atoms with Crippen LogP contribution in [-0.4, -0.2) is 56.0 Å². The largest absolute Gasteiger partial charge is 0.380 e. The van der Waals surface area contributed by atoms with E-state index in [9.17, 15) is 8.42 Å². The summed E-state index contributed by atoms with van der Waals surface area (Å²) in [5, 5.41) is 2.92. The van der Waals surface area contributed by atoms with Crippen molar-refractivity contribution in [3.8, 4) is 0 Å². The average molecular weight is 314 g/mol. The van der Waals surface area contributed by atoms with Gasteiger partial charge in [0.25, 0.3) is 0 Å². The second-order valence-electron chi connectivity index (χ2n) is 5.12. The van der Waals surface area contributed by atoms with E-state index in [0.717, 1.165) is 6.61 Å². The minimum atomic E-state index is -3.56. The van der Waals surface area contributed by atoms with Gasteiger partial charge in [0.1, 0.15) is 4.90 Å². The van der Waals surface area contributed by atoms with Crippen LogP contribution in [0.2, 0.25) is 0 Å². The summed E-state index contributed by atoms with van der Waals surface area (Å²) in [6, 6.07) is 0. The molecule has 1 aliphatic carbocycles. The van der Waals surface area contributed by atoms with Gasteiger partial charge in [-0.05, 0) is 25.7 Å². The average Bonchev–Trinajstić information content (AvgIpc) is 3.28. The summed E-state index contributed by atoms with van der Waals surface area (Å²) in [5.74, 6) is 1.10. The Morgan fingerprint density at radius 1 is 1.38 bits per heavy atom. The monoisotopic (exact) mass is 314 g/mol. The Bertz CT molecular complexity index is 543. The fourth-order valence-electron chi connectivity index (χ4n) is 1.73. The first kappa shape index (κ1) is 16.1. The molecule has 7 nitrogen and oxygen atoms in total. The smallest absolute Gasteiger partial charge is 0.245 e. The van der Waals surface area contributed by atoms with Gasteiger partial charge in [-0.1, -0.05) is 0 Å². The van der Waals surface area contributed by atoms with E-state index >= 15 is 0 Å². The van der Waals surface area contributed by atoms with E-state index < -0.39 is 10.0 Å². The van der Waals surface area contributed by atoms with Gasteiger partial charge < -0.3 is 10.1 Å². The molecule has 1 fully saturated rings. The summed E-state index contributed by atoms with van der Waals surface area (Å²) in [6.45, 7) is 4.06. The third-order valence-corrected chi connectivity index (χ3v) is 5.08. The summed E-state index contributed by atoms with van der Waals surface area (Å²) in [6.07, 6.45) is 5.09. The standard InChI is InChI=1S/C13H22N4O3S/c1-3-14-13-15-8-12(9-16-13)21(18,19)17(2)6-7-20-10-11-4-5-11/h8-9,11H,3-7,10H2,1-2H3,(H,14,15,16). The Morgan fingerprint density at radius 2 is 2.05 bits per heavy atom. The van der Waals surface area contributed by atoms with Crippen LogP contribution in [0.4, 0.5) is 5.95 Å². The zero-order chi connectivity index (χ0) is 15.3. The molecular formula is C13H22N4O3S. The van der Waals surface area contributed by atoms with Crippen LogP contribution in [0.3, 0.4) is 0 Å². The van der Waals surface area contributed by atoms with Gasteiger partial charge >= 0.3 is 0 Å². The van der Waals surface area contributed by atoms with Crippen molar-refractivity contribution in [1.82, 2.24) is 14.3 Å². The third-order valence-electron chi connectivity index (χ3n) is 3.27. The molecule has 0 unspecified atom stereocenters. The topological polar surface area (TPSA) is 84.4 Å². The second-order valence-corrected chi connectivity index (χ2v) is 7.16. The molecule has 1 N–H and O–H groups in total. The van der Waals surface area contributed by atoms with Crippen LogP contribution >= 0.6 is 0 Å². The highest BCUT2D eigenvalue weighted by molar-refractivity contribution is 7.89. The lowest BCUT2D eigenvalue weighted by Gasteiger charge is -2.16. The third kappa shape index (κ3) is 4.62. The van der Waals surface area contributed by atoms with Crippen LogP contribution in [0.15, 0.2) is 17.3 Å². The molecule has 2 rings (SSSR count). The fourth-order valence-corrected chi connectivity index (χ4v) is 2.77. The van der Waals surface area contributed by atoms with Crippen LogP contribution in [0.5, 0.6) is 0 Å². The highest BCUT2D eigenvalue weighted by Gasteiger charge is 2.23. The normalized spacial score (nSPS) is 15.4. The van der Waals surface area contributed by atoms with Crippen molar-refractivity contribution in [2.45, 2.75) is 24.7 Å². The molecule has 1 heterocycles. The highest BCUT2D eigenvalue weighted by atomic mass is 32.2. The van der Waals surface area contributed by atoms with Crippen molar-refractivity contribution in [3.63, 3.8) is 0 Å². The van der Waals surface area contributed by atoms with E-state index in [1.54, 1.807) is 0 Å². The number of sulfonamides is 1. The van der Waals surface area contributed by atoms with Crippen LogP contribution < -0.4 is 5.32 Å². The Labute approximate surface area is 125 Å². The molecule has 0 radical (unpaired) electrons. The highest BCUT2D eigenvalue weighted by Crippen LogP contribution is 2.28. The number of ether oxygens (including phenoxy) is 1. The summed E-state index contributed by atoms with van der Waals surface area (Å²) >= 11 is 0. The minimum absolute atomic E-state index is 0.0915. The quantitative estimate of drug-likeness (QED) is 0.683. The molecule has 8 heteroatoms. The number of hydrogen-bond donors (Lipinski definition) is 1. The zero-order valence-corrected chi connectivity index (χ0v) is 13.3. The Hall–Kier alpha value is -1.25. The SMILES string of the molecule is CCNc1ncc(S(=O)(=O)N(C)CCOCC2CC2)cn1. The van der Waals surface area contributed by atoms with E-state index in [1.165, 1.54) is 36.6 Å². The Kier molecular flexibility index (Phi) is 5.49. The van der Waals surface area contributed by atoms with Crippen molar-refractivity contribution < 1.29 is 13.2 Å². The summed E-state index contributed by atoms with van der Waals surface area (Å²) in [5.41, 5.74) is 0. The first-order chi connectivity index (χ1) is 10.0. The molecular weight excluding hydrogens is 292 g/mol. The molecule has 0 aromatic carbocycles. The summed E-state index contributed by atoms with van der Waals surface area (Å²) in [4.78, 5) is 8.06. The van der Waals surface area contributed by atoms with E-state index in [0.29, 0.717) is 31.6 Å². The van der Waals surface area contributed by atoms with Gasteiger partial charge in [-0.2, -0.15) is 4.31 Å². The number of rotatable bonds is 9.